The van der Waals surface area contributed by atoms with Gasteiger partial charge in [0.2, 0.25) is 15.9 Å². The van der Waals surface area contributed by atoms with Gasteiger partial charge in [-0.2, -0.15) is 4.31 Å². The highest BCUT2D eigenvalue weighted by molar-refractivity contribution is 9.10. The first-order valence-corrected chi connectivity index (χ1v) is 12.8. The van der Waals surface area contributed by atoms with Crippen molar-refractivity contribution in [3.8, 4) is 0 Å². The zero-order valence-corrected chi connectivity index (χ0v) is 21.7. The molecular formula is C21H15Br2Cl2FN2O3S. The number of sulfonamides is 1. The van der Waals surface area contributed by atoms with Crippen molar-refractivity contribution in [2.45, 2.75) is 11.4 Å². The molecule has 168 valence electrons. The Labute approximate surface area is 211 Å². The number of rotatable bonds is 7. The van der Waals surface area contributed by atoms with E-state index in [4.69, 9.17) is 23.2 Å². The van der Waals surface area contributed by atoms with E-state index < -0.39 is 28.3 Å². The van der Waals surface area contributed by atoms with Crippen LogP contribution in [0.4, 0.5) is 10.1 Å². The third-order valence-corrected chi connectivity index (χ3v) is 7.89. The maximum Gasteiger partial charge on any atom is 0.243 e. The molecule has 0 radical (unpaired) electrons. The van der Waals surface area contributed by atoms with Crippen LogP contribution < -0.4 is 5.32 Å². The molecule has 0 aromatic heterocycles. The Morgan fingerprint density at radius 2 is 1.59 bits per heavy atom. The standard InChI is InChI=1S/C21H15Br2Cl2FN2O3S/c22-14-2-5-16(6-3-14)32(30,31)28(11-13-1-7-17(24)18(25)9-13)12-21(29)27-20-8-4-15(23)10-19(20)26/h1-10H,11-12H2,(H,27,29). The second-order valence-electron chi connectivity index (χ2n) is 6.65. The average molecular weight is 625 g/mol. The molecule has 0 spiro atoms. The number of hydrogen-bond acceptors (Lipinski definition) is 3. The van der Waals surface area contributed by atoms with Gasteiger partial charge in [-0.15, -0.1) is 0 Å². The molecule has 0 aliphatic heterocycles. The van der Waals surface area contributed by atoms with E-state index in [-0.39, 0.29) is 22.2 Å². The molecule has 5 nitrogen and oxygen atoms in total. The fourth-order valence-electron chi connectivity index (χ4n) is 2.76. The quantitative estimate of drug-likeness (QED) is 0.327. The maximum atomic E-state index is 14.1. The molecule has 0 aliphatic carbocycles. The Hall–Kier alpha value is -1.49. The summed E-state index contributed by atoms with van der Waals surface area (Å²) in [6.45, 7) is -0.695. The van der Waals surface area contributed by atoms with Crippen LogP contribution in [-0.4, -0.2) is 25.2 Å². The summed E-state index contributed by atoms with van der Waals surface area (Å²) in [4.78, 5) is 12.7. The van der Waals surface area contributed by atoms with Crippen molar-refractivity contribution in [3.05, 3.63) is 91.0 Å². The fourth-order valence-corrected chi connectivity index (χ4v) is 5.07. The maximum absolute atomic E-state index is 14.1. The number of benzene rings is 3. The van der Waals surface area contributed by atoms with Gasteiger partial charge in [0.15, 0.2) is 0 Å². The van der Waals surface area contributed by atoms with Crippen molar-refractivity contribution in [2.24, 2.45) is 0 Å². The molecule has 0 bridgehead atoms. The normalized spacial score (nSPS) is 11.6. The minimum Gasteiger partial charge on any atom is -0.322 e. The molecule has 0 heterocycles. The lowest BCUT2D eigenvalue weighted by atomic mass is 10.2. The third-order valence-electron chi connectivity index (χ3n) is 4.32. The molecule has 0 saturated carbocycles. The molecular weight excluding hydrogens is 610 g/mol. The Bertz CT molecular complexity index is 1260. The molecule has 1 amide bonds. The number of carbonyl (C=O) groups excluding carboxylic acids is 1. The molecule has 1 N–H and O–H groups in total. The highest BCUT2D eigenvalue weighted by Gasteiger charge is 2.27. The van der Waals surface area contributed by atoms with Crippen LogP contribution in [0.1, 0.15) is 5.56 Å². The van der Waals surface area contributed by atoms with Gasteiger partial charge in [0.05, 0.1) is 27.2 Å². The van der Waals surface area contributed by atoms with Crippen LogP contribution in [0.2, 0.25) is 10.0 Å². The average Bonchev–Trinajstić information content (AvgIpc) is 2.72. The summed E-state index contributed by atoms with van der Waals surface area (Å²) in [5.41, 5.74) is 0.469. The molecule has 0 saturated heterocycles. The number of hydrogen-bond donors (Lipinski definition) is 1. The lowest BCUT2D eigenvalue weighted by molar-refractivity contribution is -0.116. The summed E-state index contributed by atoms with van der Waals surface area (Å²) in [5.74, 6) is -1.36. The van der Waals surface area contributed by atoms with Crippen LogP contribution in [0.3, 0.4) is 0 Å². The Morgan fingerprint density at radius 3 is 2.22 bits per heavy atom. The van der Waals surface area contributed by atoms with Crippen LogP contribution in [0, 0.1) is 5.82 Å². The fraction of sp³-hybridized carbons (Fsp3) is 0.0952. The Balaban J connectivity index is 1.90. The first-order chi connectivity index (χ1) is 15.1. The SMILES string of the molecule is O=C(CN(Cc1ccc(Cl)c(Cl)c1)S(=O)(=O)c1ccc(Br)cc1)Nc1ccc(Br)cc1F. The molecule has 3 rings (SSSR count). The molecule has 0 aliphatic rings. The topological polar surface area (TPSA) is 66.5 Å². The summed E-state index contributed by atoms with van der Waals surface area (Å²) in [7, 11) is -4.07. The highest BCUT2D eigenvalue weighted by Crippen LogP contribution is 2.26. The number of carbonyl (C=O) groups is 1. The number of nitrogens with one attached hydrogen (secondary N) is 1. The van der Waals surface area contributed by atoms with Gasteiger partial charge in [-0.25, -0.2) is 12.8 Å². The Kier molecular flexibility index (Phi) is 8.35. The summed E-state index contributed by atoms with van der Waals surface area (Å²) in [6, 6.07) is 14.8. The second-order valence-corrected chi connectivity index (χ2v) is 11.2. The molecule has 3 aromatic carbocycles. The van der Waals surface area contributed by atoms with Crippen molar-refractivity contribution in [1.29, 1.82) is 0 Å². The zero-order chi connectivity index (χ0) is 23.5. The van der Waals surface area contributed by atoms with Crippen LogP contribution >= 0.6 is 55.1 Å². The summed E-state index contributed by atoms with van der Waals surface area (Å²) >= 11 is 18.4. The van der Waals surface area contributed by atoms with Gasteiger partial charge in [-0.05, 0) is 60.2 Å². The monoisotopic (exact) mass is 622 g/mol. The number of nitrogens with zero attached hydrogens (tertiary/aromatic N) is 1. The van der Waals surface area contributed by atoms with E-state index in [9.17, 15) is 17.6 Å². The molecule has 3 aromatic rings. The van der Waals surface area contributed by atoms with Crippen molar-refractivity contribution >= 4 is 76.7 Å². The molecule has 32 heavy (non-hydrogen) atoms. The van der Waals surface area contributed by atoms with Gasteiger partial charge in [0.25, 0.3) is 0 Å². The number of halogens is 5. The Morgan fingerprint density at radius 1 is 0.938 bits per heavy atom. The van der Waals surface area contributed by atoms with E-state index in [0.29, 0.717) is 19.5 Å². The van der Waals surface area contributed by atoms with Gasteiger partial charge >= 0.3 is 0 Å². The van der Waals surface area contributed by atoms with Crippen LogP contribution in [0.5, 0.6) is 0 Å². The minimum atomic E-state index is -4.07. The molecule has 0 fully saturated rings. The highest BCUT2D eigenvalue weighted by atomic mass is 79.9. The minimum absolute atomic E-state index is 0.00313. The van der Waals surface area contributed by atoms with E-state index in [0.717, 1.165) is 4.31 Å². The predicted octanol–water partition coefficient (Wildman–Crippen LogP) is 6.49. The van der Waals surface area contributed by atoms with Crippen molar-refractivity contribution in [1.82, 2.24) is 4.31 Å². The second kappa shape index (κ2) is 10.6. The lowest BCUT2D eigenvalue weighted by Gasteiger charge is -2.22. The van der Waals surface area contributed by atoms with Gasteiger partial charge in [0, 0.05) is 15.5 Å². The molecule has 0 unspecified atom stereocenters. The van der Waals surface area contributed by atoms with Gasteiger partial charge in [0.1, 0.15) is 5.82 Å². The van der Waals surface area contributed by atoms with Crippen LogP contribution in [-0.2, 0) is 21.4 Å². The molecule has 0 atom stereocenters. The summed E-state index contributed by atoms with van der Waals surface area (Å²) in [5, 5.41) is 2.99. The third kappa shape index (κ3) is 6.30. The first kappa shape index (κ1) is 25.1. The summed E-state index contributed by atoms with van der Waals surface area (Å²) < 4.78 is 42.9. The van der Waals surface area contributed by atoms with Crippen LogP contribution in [0.25, 0.3) is 0 Å². The van der Waals surface area contributed by atoms with E-state index in [1.54, 1.807) is 30.3 Å². The van der Waals surface area contributed by atoms with E-state index in [2.05, 4.69) is 37.2 Å². The number of anilines is 1. The van der Waals surface area contributed by atoms with E-state index >= 15 is 0 Å². The van der Waals surface area contributed by atoms with Crippen molar-refractivity contribution in [3.63, 3.8) is 0 Å². The van der Waals surface area contributed by atoms with Gasteiger partial charge in [-0.1, -0.05) is 61.1 Å². The molecule has 11 heteroatoms. The van der Waals surface area contributed by atoms with Crippen molar-refractivity contribution < 1.29 is 17.6 Å². The first-order valence-electron chi connectivity index (χ1n) is 9.01. The predicted molar refractivity (Wildman–Crippen MR) is 131 cm³/mol. The lowest BCUT2D eigenvalue weighted by Crippen LogP contribution is -2.37. The summed E-state index contributed by atoms with van der Waals surface area (Å²) in [6.07, 6.45) is 0. The number of amides is 1. The largest absolute Gasteiger partial charge is 0.322 e. The van der Waals surface area contributed by atoms with E-state index in [1.807, 2.05) is 0 Å². The smallest absolute Gasteiger partial charge is 0.243 e. The van der Waals surface area contributed by atoms with Gasteiger partial charge in [-0.3, -0.25) is 4.79 Å². The zero-order valence-electron chi connectivity index (χ0n) is 16.2. The van der Waals surface area contributed by atoms with Crippen molar-refractivity contribution in [2.75, 3.05) is 11.9 Å². The van der Waals surface area contributed by atoms with Gasteiger partial charge < -0.3 is 5.32 Å². The van der Waals surface area contributed by atoms with E-state index in [1.165, 1.54) is 30.3 Å². The van der Waals surface area contributed by atoms with Crippen LogP contribution in [0.15, 0.2) is 74.5 Å².